The maximum atomic E-state index is 12.3. The minimum atomic E-state index is -0.0263. The topological polar surface area (TPSA) is 72.7 Å². The van der Waals surface area contributed by atoms with Crippen molar-refractivity contribution in [3.63, 3.8) is 0 Å². The van der Waals surface area contributed by atoms with Crippen LogP contribution in [0.5, 0.6) is 0 Å². The van der Waals surface area contributed by atoms with Gasteiger partial charge in [-0.15, -0.1) is 5.10 Å². The van der Waals surface area contributed by atoms with Crippen molar-refractivity contribution in [1.29, 1.82) is 0 Å². The van der Waals surface area contributed by atoms with E-state index in [1.54, 1.807) is 0 Å². The molecule has 0 radical (unpaired) electrons. The normalized spacial score (nSPS) is 10.8. The summed E-state index contributed by atoms with van der Waals surface area (Å²) in [6, 6.07) is 9.93. The van der Waals surface area contributed by atoms with E-state index in [0.29, 0.717) is 13.0 Å². The number of amides is 1. The predicted molar refractivity (Wildman–Crippen MR) is 93.2 cm³/mol. The standard InChI is InChI=1S/C17H19N5OS/c1-11-15(9-17(23)18-10-16-12(2)19-21-24-16)13(3)22(20-11)14-7-5-4-6-8-14/h4-8H,9-10H2,1-3H3,(H,18,23). The van der Waals surface area contributed by atoms with Gasteiger partial charge in [0.05, 0.1) is 34.9 Å². The molecule has 24 heavy (non-hydrogen) atoms. The SMILES string of the molecule is Cc1nnsc1CNC(=O)Cc1c(C)nn(-c2ccccc2)c1C. The third-order valence-corrected chi connectivity index (χ3v) is 4.79. The Bertz CT molecular complexity index is 853. The summed E-state index contributed by atoms with van der Waals surface area (Å²) in [6.07, 6.45) is 0.315. The van der Waals surface area contributed by atoms with Crippen LogP contribution in [0.4, 0.5) is 0 Å². The van der Waals surface area contributed by atoms with Crippen LogP contribution in [0.25, 0.3) is 5.69 Å². The van der Waals surface area contributed by atoms with Gasteiger partial charge in [0.1, 0.15) is 0 Å². The van der Waals surface area contributed by atoms with Crippen molar-refractivity contribution in [2.24, 2.45) is 0 Å². The summed E-state index contributed by atoms with van der Waals surface area (Å²) in [5.74, 6) is -0.0263. The third kappa shape index (κ3) is 3.35. The Hall–Kier alpha value is -2.54. The van der Waals surface area contributed by atoms with Crippen LogP contribution in [0.3, 0.4) is 0 Å². The summed E-state index contributed by atoms with van der Waals surface area (Å²) < 4.78 is 5.76. The number of carbonyl (C=O) groups excluding carboxylic acids is 1. The van der Waals surface area contributed by atoms with E-state index < -0.39 is 0 Å². The van der Waals surface area contributed by atoms with Gasteiger partial charge >= 0.3 is 0 Å². The first kappa shape index (κ1) is 16.3. The number of hydrogen-bond donors (Lipinski definition) is 1. The molecule has 6 nitrogen and oxygen atoms in total. The number of rotatable bonds is 5. The zero-order chi connectivity index (χ0) is 17.1. The highest BCUT2D eigenvalue weighted by molar-refractivity contribution is 7.05. The van der Waals surface area contributed by atoms with E-state index in [-0.39, 0.29) is 5.91 Å². The van der Waals surface area contributed by atoms with Crippen molar-refractivity contribution in [3.05, 3.63) is 57.9 Å². The predicted octanol–water partition coefficient (Wildman–Crippen LogP) is 2.51. The van der Waals surface area contributed by atoms with Crippen LogP contribution >= 0.6 is 11.5 Å². The third-order valence-electron chi connectivity index (χ3n) is 3.97. The monoisotopic (exact) mass is 341 g/mol. The minimum absolute atomic E-state index is 0.0263. The molecule has 7 heteroatoms. The highest BCUT2D eigenvalue weighted by Gasteiger charge is 2.16. The molecule has 3 rings (SSSR count). The van der Waals surface area contributed by atoms with Crippen molar-refractivity contribution < 1.29 is 4.79 Å². The lowest BCUT2D eigenvalue weighted by molar-refractivity contribution is -0.120. The zero-order valence-electron chi connectivity index (χ0n) is 13.9. The second-order valence-electron chi connectivity index (χ2n) is 5.63. The Labute approximate surface area is 144 Å². The van der Waals surface area contributed by atoms with Gasteiger partial charge in [0.2, 0.25) is 5.91 Å². The average Bonchev–Trinajstić information content (AvgIpc) is 3.11. The second-order valence-corrected chi connectivity index (χ2v) is 6.47. The maximum absolute atomic E-state index is 12.3. The molecule has 0 aliphatic carbocycles. The number of carbonyl (C=O) groups is 1. The first-order valence-corrected chi connectivity index (χ1v) is 8.48. The number of benzene rings is 1. The fourth-order valence-corrected chi connectivity index (χ4v) is 3.14. The number of nitrogens with one attached hydrogen (secondary N) is 1. The van der Waals surface area contributed by atoms with E-state index in [0.717, 1.165) is 33.2 Å². The molecule has 1 aromatic carbocycles. The van der Waals surface area contributed by atoms with Gasteiger partial charge in [0.25, 0.3) is 0 Å². The first-order valence-electron chi connectivity index (χ1n) is 7.71. The van der Waals surface area contributed by atoms with Crippen LogP contribution in [0.2, 0.25) is 0 Å². The lowest BCUT2D eigenvalue weighted by Gasteiger charge is -2.06. The molecular formula is C17H19N5OS. The van der Waals surface area contributed by atoms with Crippen molar-refractivity contribution in [3.8, 4) is 5.69 Å². The van der Waals surface area contributed by atoms with E-state index >= 15 is 0 Å². The summed E-state index contributed by atoms with van der Waals surface area (Å²) in [4.78, 5) is 13.3. The molecule has 0 spiro atoms. The van der Waals surface area contributed by atoms with Crippen molar-refractivity contribution in [2.45, 2.75) is 33.7 Å². The van der Waals surface area contributed by atoms with E-state index in [1.807, 2.05) is 55.8 Å². The Kier molecular flexibility index (Phi) is 4.71. The van der Waals surface area contributed by atoms with Gasteiger partial charge in [-0.2, -0.15) is 5.10 Å². The van der Waals surface area contributed by atoms with Crippen LogP contribution in [-0.2, 0) is 17.8 Å². The number of hydrogen-bond acceptors (Lipinski definition) is 5. The molecule has 0 atom stereocenters. The fourth-order valence-electron chi connectivity index (χ4n) is 2.57. The summed E-state index contributed by atoms with van der Waals surface area (Å²) in [7, 11) is 0. The number of nitrogens with zero attached hydrogens (tertiary/aromatic N) is 4. The Morgan fingerprint density at radius 2 is 1.92 bits per heavy atom. The Morgan fingerprint density at radius 3 is 2.58 bits per heavy atom. The molecule has 0 aliphatic rings. The number of aromatic nitrogens is 4. The summed E-state index contributed by atoms with van der Waals surface area (Å²) in [5.41, 5.74) is 4.70. The molecule has 0 fully saturated rings. The molecule has 2 aromatic heterocycles. The summed E-state index contributed by atoms with van der Waals surface area (Å²) >= 11 is 1.31. The molecule has 1 amide bonds. The molecule has 0 bridgehead atoms. The molecule has 1 N–H and O–H groups in total. The smallest absolute Gasteiger partial charge is 0.224 e. The van der Waals surface area contributed by atoms with Gasteiger partial charge < -0.3 is 5.32 Å². The van der Waals surface area contributed by atoms with E-state index in [2.05, 4.69) is 20.0 Å². The van der Waals surface area contributed by atoms with Gasteiger partial charge in [-0.25, -0.2) is 4.68 Å². The Balaban J connectivity index is 1.72. The minimum Gasteiger partial charge on any atom is -0.351 e. The summed E-state index contributed by atoms with van der Waals surface area (Å²) in [5, 5.41) is 11.5. The molecule has 0 unspecified atom stereocenters. The van der Waals surface area contributed by atoms with Gasteiger partial charge in [-0.3, -0.25) is 4.79 Å². The van der Waals surface area contributed by atoms with Crippen molar-refractivity contribution in [2.75, 3.05) is 0 Å². The quantitative estimate of drug-likeness (QED) is 0.774. The molecule has 0 saturated carbocycles. The van der Waals surface area contributed by atoms with Crippen LogP contribution in [0.1, 0.15) is 27.5 Å². The first-order chi connectivity index (χ1) is 11.6. The largest absolute Gasteiger partial charge is 0.351 e. The highest BCUT2D eigenvalue weighted by Crippen LogP contribution is 2.18. The number of para-hydroxylation sites is 1. The van der Waals surface area contributed by atoms with Crippen LogP contribution in [-0.4, -0.2) is 25.3 Å². The van der Waals surface area contributed by atoms with Gasteiger partial charge in [0.15, 0.2) is 0 Å². The van der Waals surface area contributed by atoms with Crippen molar-refractivity contribution >= 4 is 17.4 Å². The number of aryl methyl sites for hydroxylation is 2. The average molecular weight is 341 g/mol. The highest BCUT2D eigenvalue weighted by atomic mass is 32.1. The van der Waals surface area contributed by atoms with Crippen molar-refractivity contribution in [1.82, 2.24) is 24.7 Å². The molecule has 2 heterocycles. The fraction of sp³-hybridized carbons (Fsp3) is 0.294. The molecule has 0 saturated heterocycles. The van der Waals surface area contributed by atoms with E-state index in [1.165, 1.54) is 11.5 Å². The second kappa shape index (κ2) is 6.92. The summed E-state index contributed by atoms with van der Waals surface area (Å²) in [6.45, 7) is 6.29. The van der Waals surface area contributed by atoms with Gasteiger partial charge in [-0.05, 0) is 44.4 Å². The van der Waals surface area contributed by atoms with E-state index in [4.69, 9.17) is 0 Å². The Morgan fingerprint density at radius 1 is 1.17 bits per heavy atom. The molecule has 3 aromatic rings. The molecule has 124 valence electrons. The molecule has 0 aliphatic heterocycles. The van der Waals surface area contributed by atoms with Crippen LogP contribution in [0.15, 0.2) is 30.3 Å². The van der Waals surface area contributed by atoms with E-state index in [9.17, 15) is 4.79 Å². The van der Waals surface area contributed by atoms with Gasteiger partial charge in [-0.1, -0.05) is 22.7 Å². The van der Waals surface area contributed by atoms with Crippen LogP contribution in [0, 0.1) is 20.8 Å². The van der Waals surface area contributed by atoms with Gasteiger partial charge in [0, 0.05) is 11.3 Å². The lowest BCUT2D eigenvalue weighted by Crippen LogP contribution is -2.25. The molecular weight excluding hydrogens is 322 g/mol. The van der Waals surface area contributed by atoms with Crippen LogP contribution < -0.4 is 5.32 Å². The lowest BCUT2D eigenvalue weighted by atomic mass is 10.1. The maximum Gasteiger partial charge on any atom is 0.224 e. The zero-order valence-corrected chi connectivity index (χ0v) is 14.7.